The number of nitrogens with zero attached hydrogens (tertiary/aromatic N) is 6. The van der Waals surface area contributed by atoms with Crippen molar-refractivity contribution in [2.45, 2.75) is 20.0 Å². The molecule has 0 saturated heterocycles. The number of nitrogens with one attached hydrogen (secondary N) is 2. The summed E-state index contributed by atoms with van der Waals surface area (Å²) in [5, 5.41) is 12.7. The predicted octanol–water partition coefficient (Wildman–Crippen LogP) is 3.84. The van der Waals surface area contributed by atoms with E-state index in [-0.39, 0.29) is 22.7 Å². The van der Waals surface area contributed by atoms with E-state index in [0.717, 1.165) is 11.0 Å². The third-order valence-electron chi connectivity index (χ3n) is 4.17. The highest BCUT2D eigenvalue weighted by molar-refractivity contribution is 7.18. The van der Waals surface area contributed by atoms with Crippen LogP contribution < -0.4 is 10.6 Å². The number of urea groups is 1. The number of halogens is 3. The van der Waals surface area contributed by atoms with Crippen molar-refractivity contribution in [3.8, 4) is 5.82 Å². The number of hydrogen-bond acceptors (Lipinski definition) is 8. The van der Waals surface area contributed by atoms with Gasteiger partial charge in [0.2, 0.25) is 0 Å². The van der Waals surface area contributed by atoms with E-state index in [9.17, 15) is 22.8 Å². The van der Waals surface area contributed by atoms with Crippen LogP contribution in [0.15, 0.2) is 30.9 Å². The Kier molecular flexibility index (Phi) is 5.30. The van der Waals surface area contributed by atoms with Crippen LogP contribution in [0.5, 0.6) is 0 Å². The van der Waals surface area contributed by atoms with Crippen molar-refractivity contribution in [2.24, 2.45) is 0 Å². The Bertz CT molecular complexity index is 1330. The maximum absolute atomic E-state index is 13.5. The number of aromatic nitrogens is 6. The molecule has 0 fully saturated rings. The Morgan fingerprint density at radius 1 is 1.09 bits per heavy atom. The maximum atomic E-state index is 13.5. The van der Waals surface area contributed by atoms with Crippen molar-refractivity contribution in [3.63, 3.8) is 0 Å². The number of Topliss-reactive ketones (excluding diaryl/α,β-unsaturated/α-hetero) is 1. The normalized spacial score (nSPS) is 11.5. The van der Waals surface area contributed by atoms with Crippen molar-refractivity contribution in [2.75, 3.05) is 10.6 Å². The van der Waals surface area contributed by atoms with Crippen LogP contribution in [0.25, 0.3) is 16.2 Å². The summed E-state index contributed by atoms with van der Waals surface area (Å²) in [5.74, 6) is -0.893. The van der Waals surface area contributed by atoms with Crippen LogP contribution in [-0.4, -0.2) is 41.8 Å². The third-order valence-corrected chi connectivity index (χ3v) is 5.05. The van der Waals surface area contributed by atoms with Gasteiger partial charge in [-0.25, -0.2) is 19.7 Å². The number of hydrogen-bond donors (Lipinski definition) is 2. The first-order chi connectivity index (χ1) is 15.1. The molecule has 10 nitrogen and oxygen atoms in total. The second kappa shape index (κ2) is 7.96. The molecular formula is C18H13F3N8O2S. The van der Waals surface area contributed by atoms with Gasteiger partial charge < -0.3 is 10.6 Å². The van der Waals surface area contributed by atoms with E-state index < -0.39 is 23.6 Å². The van der Waals surface area contributed by atoms with Crippen molar-refractivity contribution in [1.29, 1.82) is 0 Å². The fraction of sp³-hybridized carbons (Fsp3) is 0.167. The molecule has 4 rings (SSSR count). The molecule has 32 heavy (non-hydrogen) atoms. The molecule has 0 atom stereocenters. The second-order valence-corrected chi connectivity index (χ2v) is 7.66. The van der Waals surface area contributed by atoms with Crippen LogP contribution in [0.1, 0.15) is 27.9 Å². The minimum Gasteiger partial charge on any atom is -0.306 e. The second-order valence-electron chi connectivity index (χ2n) is 6.48. The molecule has 4 aromatic heterocycles. The highest BCUT2D eigenvalue weighted by atomic mass is 32.1. The van der Waals surface area contributed by atoms with Gasteiger partial charge >= 0.3 is 12.2 Å². The molecule has 0 radical (unpaired) electrons. The Hall–Kier alpha value is -3.94. The molecule has 0 aliphatic rings. The lowest BCUT2D eigenvalue weighted by atomic mass is 10.1. The van der Waals surface area contributed by atoms with Crippen LogP contribution in [0.3, 0.4) is 0 Å². The van der Waals surface area contributed by atoms with E-state index in [1.807, 2.05) is 0 Å². The Labute approximate surface area is 181 Å². The predicted molar refractivity (Wildman–Crippen MR) is 109 cm³/mol. The molecular weight excluding hydrogens is 449 g/mol. The van der Waals surface area contributed by atoms with E-state index >= 15 is 0 Å². The van der Waals surface area contributed by atoms with Gasteiger partial charge in [0.1, 0.15) is 15.9 Å². The summed E-state index contributed by atoms with van der Waals surface area (Å²) < 4.78 is 40.5. The molecule has 2 amide bonds. The average Bonchev–Trinajstić information content (AvgIpc) is 3.35. The van der Waals surface area contributed by atoms with Crippen LogP contribution in [0, 0.1) is 6.92 Å². The molecule has 0 aliphatic carbocycles. The lowest BCUT2D eigenvalue weighted by Crippen LogP contribution is -2.22. The largest absolute Gasteiger partial charge is 0.420 e. The first kappa shape index (κ1) is 21.3. The molecule has 4 heterocycles. The van der Waals surface area contributed by atoms with Gasteiger partial charge in [0, 0.05) is 0 Å². The fourth-order valence-corrected chi connectivity index (χ4v) is 3.70. The highest BCUT2D eigenvalue weighted by Crippen LogP contribution is 2.34. The maximum Gasteiger partial charge on any atom is 0.420 e. The summed E-state index contributed by atoms with van der Waals surface area (Å²) in [5.41, 5.74) is -0.793. The smallest absolute Gasteiger partial charge is 0.306 e. The Morgan fingerprint density at radius 2 is 1.81 bits per heavy atom. The third kappa shape index (κ3) is 4.12. The lowest BCUT2D eigenvalue weighted by molar-refractivity contribution is -0.137. The van der Waals surface area contributed by atoms with Gasteiger partial charge in [-0.3, -0.25) is 4.79 Å². The minimum absolute atomic E-state index is 0.0779. The van der Waals surface area contributed by atoms with Crippen molar-refractivity contribution in [1.82, 2.24) is 29.9 Å². The molecule has 0 bridgehead atoms. The summed E-state index contributed by atoms with van der Waals surface area (Å²) >= 11 is 1.29. The first-order valence-electron chi connectivity index (χ1n) is 8.92. The van der Waals surface area contributed by atoms with Crippen LogP contribution in [0.4, 0.5) is 29.3 Å². The zero-order valence-corrected chi connectivity index (χ0v) is 17.2. The number of amides is 2. The van der Waals surface area contributed by atoms with Gasteiger partial charge in [-0.05, 0) is 19.9 Å². The molecule has 4 aromatic rings. The summed E-state index contributed by atoms with van der Waals surface area (Å²) in [7, 11) is 0. The zero-order valence-electron chi connectivity index (χ0n) is 16.4. The number of anilines is 2. The Morgan fingerprint density at radius 3 is 2.47 bits per heavy atom. The van der Waals surface area contributed by atoms with Crippen LogP contribution >= 0.6 is 11.3 Å². The lowest BCUT2D eigenvalue weighted by Gasteiger charge is -2.14. The number of rotatable bonds is 4. The van der Waals surface area contributed by atoms with Crippen molar-refractivity contribution >= 4 is 44.9 Å². The van der Waals surface area contributed by atoms with Gasteiger partial charge in [0.25, 0.3) is 0 Å². The highest BCUT2D eigenvalue weighted by Gasteiger charge is 2.36. The summed E-state index contributed by atoms with van der Waals surface area (Å²) in [6, 6.07) is -0.178. The van der Waals surface area contributed by atoms with E-state index in [4.69, 9.17) is 0 Å². The Balaban J connectivity index is 1.63. The topological polar surface area (TPSA) is 128 Å². The van der Waals surface area contributed by atoms with E-state index in [0.29, 0.717) is 21.4 Å². The minimum atomic E-state index is -4.77. The van der Waals surface area contributed by atoms with Gasteiger partial charge in [-0.2, -0.15) is 23.4 Å². The van der Waals surface area contributed by atoms with Crippen LogP contribution in [0.2, 0.25) is 0 Å². The number of carbonyl (C=O) groups excluding carboxylic acids is 2. The first-order valence-corrected chi connectivity index (χ1v) is 9.74. The summed E-state index contributed by atoms with van der Waals surface area (Å²) in [6.07, 6.45) is -0.0262. The number of thiazole rings is 1. The quantitative estimate of drug-likeness (QED) is 0.441. The molecule has 0 spiro atoms. The van der Waals surface area contributed by atoms with Gasteiger partial charge in [0.05, 0.1) is 46.7 Å². The van der Waals surface area contributed by atoms with E-state index in [1.54, 1.807) is 6.92 Å². The van der Waals surface area contributed by atoms with Crippen molar-refractivity contribution < 1.29 is 22.8 Å². The molecule has 164 valence electrons. The molecule has 14 heteroatoms. The molecule has 2 N–H and O–H groups in total. The monoisotopic (exact) mass is 462 g/mol. The number of pyridine rings is 2. The number of carbonyl (C=O) groups is 2. The SMILES string of the molecule is CC(=O)c1c(NC(=O)Nc2cnc(-n3nccn3)c(C(F)(F)F)c2)cnc2sc(C)nc12. The number of alkyl halides is 3. The standard InChI is InChI=1S/C18H13F3N8O2S/c1-8(30)13-12(7-23-16-14(13)26-9(2)32-16)28-17(31)27-10-5-11(18(19,20)21)15(22-6-10)29-24-3-4-25-29/h3-7H,1-2H3,(H2,27,28,31). The van der Waals surface area contributed by atoms with E-state index in [2.05, 4.69) is 35.8 Å². The summed E-state index contributed by atoms with van der Waals surface area (Å²) in [6.45, 7) is 3.07. The zero-order chi connectivity index (χ0) is 23.0. The van der Waals surface area contributed by atoms with E-state index in [1.165, 1.54) is 36.9 Å². The van der Waals surface area contributed by atoms with Gasteiger partial charge in [0.15, 0.2) is 11.6 Å². The molecule has 0 aromatic carbocycles. The summed E-state index contributed by atoms with van der Waals surface area (Å²) in [4.78, 5) is 38.0. The molecule has 0 unspecified atom stereocenters. The number of fused-ring (bicyclic) bond motifs is 1. The molecule has 0 saturated carbocycles. The van der Waals surface area contributed by atoms with Gasteiger partial charge in [-0.1, -0.05) is 11.3 Å². The average molecular weight is 462 g/mol. The van der Waals surface area contributed by atoms with Gasteiger partial charge in [-0.15, -0.1) is 4.80 Å². The number of aryl methyl sites for hydroxylation is 1. The molecule has 0 aliphatic heterocycles. The fourth-order valence-electron chi connectivity index (χ4n) is 2.94. The van der Waals surface area contributed by atoms with Crippen molar-refractivity contribution in [3.05, 3.63) is 47.0 Å². The number of ketones is 1. The van der Waals surface area contributed by atoms with Crippen LogP contribution in [-0.2, 0) is 6.18 Å².